The normalized spacial score (nSPS) is 10.3. The first kappa shape index (κ1) is 13.4. The predicted molar refractivity (Wildman–Crippen MR) is 66.5 cm³/mol. The Labute approximate surface area is 107 Å². The molecule has 0 N–H and O–H groups in total. The largest absolute Gasteiger partial charge is 0.466 e. The molecule has 0 aliphatic carbocycles. The molecule has 0 atom stereocenters. The maximum absolute atomic E-state index is 11.3. The Morgan fingerprint density at radius 3 is 2.47 bits per heavy atom. The second-order valence-electron chi connectivity index (χ2n) is 3.08. The highest BCUT2D eigenvalue weighted by Crippen LogP contribution is 2.20. The molecule has 4 nitrogen and oxygen atoms in total. The summed E-state index contributed by atoms with van der Waals surface area (Å²) in [7, 11) is 2.63. The van der Waals surface area contributed by atoms with E-state index in [-0.39, 0.29) is 0 Å². The summed E-state index contributed by atoms with van der Waals surface area (Å²) in [5.74, 6) is -0.844. The third-order valence-corrected chi connectivity index (χ3v) is 2.71. The number of esters is 2. The van der Waals surface area contributed by atoms with Crippen molar-refractivity contribution >= 4 is 33.9 Å². The Balaban J connectivity index is 2.94. The molecule has 0 aromatic heterocycles. The second-order valence-corrected chi connectivity index (χ2v) is 3.94. The summed E-state index contributed by atoms with van der Waals surface area (Å²) in [6.07, 6.45) is 2.90. The quantitative estimate of drug-likeness (QED) is 0.635. The van der Waals surface area contributed by atoms with E-state index >= 15 is 0 Å². The zero-order chi connectivity index (χ0) is 12.8. The zero-order valence-electron chi connectivity index (χ0n) is 9.40. The number of hydrogen-bond acceptors (Lipinski definition) is 4. The number of carbonyl (C=O) groups is 2. The molecular weight excluding hydrogens is 288 g/mol. The number of methoxy groups -OCH3 is 2. The van der Waals surface area contributed by atoms with E-state index in [4.69, 9.17) is 0 Å². The molecule has 0 heterocycles. The van der Waals surface area contributed by atoms with Crippen LogP contribution in [-0.2, 0) is 14.3 Å². The molecule has 0 saturated carbocycles. The molecule has 0 spiro atoms. The number of hydrogen-bond donors (Lipinski definition) is 0. The molecule has 1 aromatic rings. The second kappa shape index (κ2) is 6.20. The summed E-state index contributed by atoms with van der Waals surface area (Å²) in [5.41, 5.74) is 1.21. The van der Waals surface area contributed by atoms with Gasteiger partial charge in [-0.3, -0.25) is 0 Å². The van der Waals surface area contributed by atoms with Gasteiger partial charge in [-0.15, -0.1) is 0 Å². The van der Waals surface area contributed by atoms with E-state index in [1.807, 2.05) is 0 Å². The van der Waals surface area contributed by atoms with Crippen molar-refractivity contribution in [1.29, 1.82) is 0 Å². The maximum Gasteiger partial charge on any atom is 0.337 e. The van der Waals surface area contributed by atoms with Gasteiger partial charge in [0, 0.05) is 10.5 Å². The van der Waals surface area contributed by atoms with Gasteiger partial charge in [0.1, 0.15) is 0 Å². The molecule has 0 saturated heterocycles. The highest BCUT2D eigenvalue weighted by atomic mass is 79.9. The number of rotatable bonds is 3. The summed E-state index contributed by atoms with van der Waals surface area (Å²) in [6, 6.07) is 4.95. The van der Waals surface area contributed by atoms with E-state index < -0.39 is 11.9 Å². The van der Waals surface area contributed by atoms with Gasteiger partial charge in [-0.05, 0) is 23.8 Å². The average Bonchev–Trinajstić information content (AvgIpc) is 2.35. The molecule has 17 heavy (non-hydrogen) atoms. The van der Waals surface area contributed by atoms with Crippen molar-refractivity contribution in [1.82, 2.24) is 0 Å². The van der Waals surface area contributed by atoms with Crippen molar-refractivity contribution in [3.63, 3.8) is 0 Å². The summed E-state index contributed by atoms with van der Waals surface area (Å²) in [5, 5.41) is 0. The topological polar surface area (TPSA) is 52.6 Å². The Morgan fingerprint density at radius 2 is 1.94 bits per heavy atom. The van der Waals surface area contributed by atoms with Crippen molar-refractivity contribution < 1.29 is 19.1 Å². The van der Waals surface area contributed by atoms with Crippen LogP contribution >= 0.6 is 15.9 Å². The minimum absolute atomic E-state index is 0.408. The fourth-order valence-electron chi connectivity index (χ4n) is 1.13. The van der Waals surface area contributed by atoms with Crippen molar-refractivity contribution in [2.24, 2.45) is 0 Å². The van der Waals surface area contributed by atoms with Crippen molar-refractivity contribution in [2.45, 2.75) is 0 Å². The van der Waals surface area contributed by atoms with Gasteiger partial charge in [0.15, 0.2) is 0 Å². The number of halogens is 1. The van der Waals surface area contributed by atoms with Crippen LogP contribution in [0.25, 0.3) is 6.08 Å². The summed E-state index contributed by atoms with van der Waals surface area (Å²) < 4.78 is 9.77. The Morgan fingerprint density at radius 1 is 1.24 bits per heavy atom. The van der Waals surface area contributed by atoms with Gasteiger partial charge in [-0.25, -0.2) is 9.59 Å². The third kappa shape index (κ3) is 3.71. The van der Waals surface area contributed by atoms with Gasteiger partial charge < -0.3 is 9.47 Å². The van der Waals surface area contributed by atoms with Crippen LogP contribution in [0.2, 0.25) is 0 Å². The van der Waals surface area contributed by atoms with Crippen molar-refractivity contribution in [3.8, 4) is 0 Å². The molecule has 0 aliphatic rings. The first-order valence-electron chi connectivity index (χ1n) is 4.72. The molecule has 0 bridgehead atoms. The minimum atomic E-state index is -0.436. The van der Waals surface area contributed by atoms with Gasteiger partial charge >= 0.3 is 11.9 Å². The number of carbonyl (C=O) groups excluding carboxylic acids is 2. The average molecular weight is 299 g/mol. The molecule has 5 heteroatoms. The van der Waals surface area contributed by atoms with Gasteiger partial charge in [-0.2, -0.15) is 0 Å². The van der Waals surface area contributed by atoms with E-state index in [1.165, 1.54) is 20.3 Å². The molecule has 0 aliphatic heterocycles. The van der Waals surface area contributed by atoms with E-state index in [9.17, 15) is 9.59 Å². The van der Waals surface area contributed by atoms with Crippen LogP contribution in [0, 0.1) is 0 Å². The summed E-state index contributed by atoms with van der Waals surface area (Å²) in [4.78, 5) is 22.2. The molecule has 1 aromatic carbocycles. The van der Waals surface area contributed by atoms with E-state index in [0.717, 1.165) is 5.56 Å². The standard InChI is InChI=1S/C12H11BrO4/c1-16-11(14)6-5-8-3-4-9(7-10(8)13)12(15)17-2/h3-7H,1-2H3/b6-5+. The molecule has 0 amide bonds. The van der Waals surface area contributed by atoms with Crippen LogP contribution in [0.5, 0.6) is 0 Å². The molecule has 1 rings (SSSR count). The maximum atomic E-state index is 11.3. The van der Waals surface area contributed by atoms with Gasteiger partial charge in [-0.1, -0.05) is 22.0 Å². The molecule has 0 unspecified atom stereocenters. The minimum Gasteiger partial charge on any atom is -0.466 e. The Bertz CT molecular complexity index is 466. The van der Waals surface area contributed by atoms with Gasteiger partial charge in [0.2, 0.25) is 0 Å². The van der Waals surface area contributed by atoms with Crippen LogP contribution in [-0.4, -0.2) is 26.2 Å². The lowest BCUT2D eigenvalue weighted by atomic mass is 10.1. The lowest BCUT2D eigenvalue weighted by Gasteiger charge is -2.02. The van der Waals surface area contributed by atoms with E-state index in [0.29, 0.717) is 10.0 Å². The van der Waals surface area contributed by atoms with Crippen LogP contribution < -0.4 is 0 Å². The molecule has 90 valence electrons. The Kier molecular flexibility index (Phi) is 4.90. The number of benzene rings is 1. The highest BCUT2D eigenvalue weighted by Gasteiger charge is 2.07. The molecule has 0 fully saturated rings. The fourth-order valence-corrected chi connectivity index (χ4v) is 1.64. The van der Waals surface area contributed by atoms with Crippen LogP contribution in [0.4, 0.5) is 0 Å². The van der Waals surface area contributed by atoms with Gasteiger partial charge in [0.05, 0.1) is 19.8 Å². The SMILES string of the molecule is COC(=O)/C=C/c1ccc(C(=O)OC)cc1Br. The monoisotopic (exact) mass is 298 g/mol. The van der Waals surface area contributed by atoms with Gasteiger partial charge in [0.25, 0.3) is 0 Å². The Hall–Kier alpha value is -1.62. The van der Waals surface area contributed by atoms with Crippen LogP contribution in [0.3, 0.4) is 0 Å². The van der Waals surface area contributed by atoms with Crippen LogP contribution in [0.15, 0.2) is 28.7 Å². The zero-order valence-corrected chi connectivity index (χ0v) is 11.0. The van der Waals surface area contributed by atoms with Crippen LogP contribution in [0.1, 0.15) is 15.9 Å². The molecule has 0 radical (unpaired) electrons. The molecular formula is C12H11BrO4. The van der Waals surface area contributed by atoms with Crippen molar-refractivity contribution in [2.75, 3.05) is 14.2 Å². The lowest BCUT2D eigenvalue weighted by Crippen LogP contribution is -2.01. The first-order valence-corrected chi connectivity index (χ1v) is 5.51. The first-order chi connectivity index (χ1) is 8.08. The fraction of sp³-hybridized carbons (Fsp3) is 0.167. The summed E-state index contributed by atoms with van der Waals surface area (Å²) >= 11 is 3.31. The third-order valence-electron chi connectivity index (χ3n) is 2.02. The summed E-state index contributed by atoms with van der Waals surface area (Å²) in [6.45, 7) is 0. The lowest BCUT2D eigenvalue weighted by molar-refractivity contribution is -0.134. The van der Waals surface area contributed by atoms with E-state index in [2.05, 4.69) is 25.4 Å². The number of ether oxygens (including phenoxy) is 2. The van der Waals surface area contributed by atoms with E-state index in [1.54, 1.807) is 24.3 Å². The predicted octanol–water partition coefficient (Wildman–Crippen LogP) is 2.42. The van der Waals surface area contributed by atoms with Crippen molar-refractivity contribution in [3.05, 3.63) is 39.9 Å². The highest BCUT2D eigenvalue weighted by molar-refractivity contribution is 9.10. The smallest absolute Gasteiger partial charge is 0.337 e.